The second-order valence-corrected chi connectivity index (χ2v) is 4.24. The Morgan fingerprint density at radius 2 is 1.55 bits per heavy atom. The molecule has 0 radical (unpaired) electrons. The summed E-state index contributed by atoms with van der Waals surface area (Å²) in [5, 5.41) is 37.2. The standard InChI is InChI=1S/C14H11N3O3/c18-11-6-9-10(7-12(11)19)15-14(20)13(9)17-16-8-4-2-1-3-5-8/h1-7,15,18-20H. The highest BCUT2D eigenvalue weighted by molar-refractivity contribution is 5.96. The van der Waals surface area contributed by atoms with E-state index in [0.717, 1.165) is 0 Å². The number of benzene rings is 2. The summed E-state index contributed by atoms with van der Waals surface area (Å²) in [6, 6.07) is 11.7. The molecule has 0 atom stereocenters. The number of aromatic hydroxyl groups is 3. The fraction of sp³-hybridized carbons (Fsp3) is 0. The molecule has 1 heterocycles. The molecule has 100 valence electrons. The normalized spacial score (nSPS) is 11.4. The first-order valence-corrected chi connectivity index (χ1v) is 5.88. The van der Waals surface area contributed by atoms with Crippen molar-refractivity contribution < 1.29 is 15.3 Å². The molecule has 1 aromatic heterocycles. The molecule has 0 aliphatic rings. The average molecular weight is 269 g/mol. The van der Waals surface area contributed by atoms with Gasteiger partial charge in [-0.15, -0.1) is 5.11 Å². The molecule has 0 aliphatic carbocycles. The van der Waals surface area contributed by atoms with Crippen molar-refractivity contribution in [3.05, 3.63) is 42.5 Å². The zero-order valence-corrected chi connectivity index (χ0v) is 10.3. The van der Waals surface area contributed by atoms with E-state index < -0.39 is 0 Å². The van der Waals surface area contributed by atoms with Gasteiger partial charge in [0.05, 0.1) is 11.2 Å². The van der Waals surface area contributed by atoms with Crippen LogP contribution in [0.3, 0.4) is 0 Å². The van der Waals surface area contributed by atoms with Gasteiger partial charge in [0.2, 0.25) is 5.88 Å². The van der Waals surface area contributed by atoms with Crippen molar-refractivity contribution in [1.82, 2.24) is 4.98 Å². The zero-order chi connectivity index (χ0) is 14.1. The molecule has 0 saturated heterocycles. The summed E-state index contributed by atoms with van der Waals surface area (Å²) in [6.07, 6.45) is 0. The van der Waals surface area contributed by atoms with Crippen LogP contribution in [0.4, 0.5) is 11.4 Å². The fourth-order valence-corrected chi connectivity index (χ4v) is 1.89. The quantitative estimate of drug-likeness (QED) is 0.421. The van der Waals surface area contributed by atoms with E-state index in [-0.39, 0.29) is 23.1 Å². The highest BCUT2D eigenvalue weighted by Gasteiger charge is 2.13. The lowest BCUT2D eigenvalue weighted by atomic mass is 10.2. The number of aromatic amines is 1. The first-order valence-electron chi connectivity index (χ1n) is 5.88. The third-order valence-corrected chi connectivity index (χ3v) is 2.87. The van der Waals surface area contributed by atoms with Crippen LogP contribution in [0.2, 0.25) is 0 Å². The van der Waals surface area contributed by atoms with Crippen LogP contribution in [-0.4, -0.2) is 20.3 Å². The molecule has 0 unspecified atom stereocenters. The Balaban J connectivity index is 2.09. The number of aromatic nitrogens is 1. The van der Waals surface area contributed by atoms with Gasteiger partial charge in [-0.25, -0.2) is 0 Å². The molecule has 4 N–H and O–H groups in total. The molecule has 0 aliphatic heterocycles. The monoisotopic (exact) mass is 269 g/mol. The van der Waals surface area contributed by atoms with Gasteiger partial charge < -0.3 is 20.3 Å². The van der Waals surface area contributed by atoms with Gasteiger partial charge in [0, 0.05) is 11.5 Å². The number of hydrogen-bond donors (Lipinski definition) is 4. The van der Waals surface area contributed by atoms with Gasteiger partial charge in [-0.1, -0.05) is 18.2 Å². The van der Waals surface area contributed by atoms with Gasteiger partial charge in [0.1, 0.15) is 0 Å². The Morgan fingerprint density at radius 3 is 2.30 bits per heavy atom. The number of phenolic OH excluding ortho intramolecular Hbond substituents is 2. The maximum absolute atomic E-state index is 9.82. The summed E-state index contributed by atoms with van der Waals surface area (Å²) in [7, 11) is 0. The molecule has 3 aromatic rings. The van der Waals surface area contributed by atoms with Gasteiger partial charge in [-0.3, -0.25) is 0 Å². The Hall–Kier alpha value is -3.02. The molecule has 6 heteroatoms. The van der Waals surface area contributed by atoms with Crippen LogP contribution in [0.15, 0.2) is 52.7 Å². The van der Waals surface area contributed by atoms with Gasteiger partial charge in [-0.2, -0.15) is 5.11 Å². The molecular weight excluding hydrogens is 258 g/mol. The van der Waals surface area contributed by atoms with Crippen molar-refractivity contribution in [3.8, 4) is 17.4 Å². The van der Waals surface area contributed by atoms with E-state index in [4.69, 9.17) is 0 Å². The average Bonchev–Trinajstić information content (AvgIpc) is 2.73. The number of fused-ring (bicyclic) bond motifs is 1. The number of rotatable bonds is 2. The van der Waals surface area contributed by atoms with Crippen LogP contribution in [0.5, 0.6) is 17.4 Å². The third-order valence-electron chi connectivity index (χ3n) is 2.87. The molecule has 0 bridgehead atoms. The second kappa shape index (κ2) is 4.58. The number of nitrogens with zero attached hydrogens (tertiary/aromatic N) is 2. The van der Waals surface area contributed by atoms with Crippen LogP contribution in [-0.2, 0) is 0 Å². The minimum absolute atomic E-state index is 0.176. The summed E-state index contributed by atoms with van der Waals surface area (Å²) in [4.78, 5) is 2.66. The summed E-state index contributed by atoms with van der Waals surface area (Å²) >= 11 is 0. The molecule has 2 aromatic carbocycles. The Bertz CT molecular complexity index is 794. The van der Waals surface area contributed by atoms with E-state index in [1.54, 1.807) is 12.1 Å². The van der Waals surface area contributed by atoms with Crippen LogP contribution in [0, 0.1) is 0 Å². The van der Waals surface area contributed by atoms with Gasteiger partial charge in [0.15, 0.2) is 17.2 Å². The van der Waals surface area contributed by atoms with Crippen molar-refractivity contribution in [2.24, 2.45) is 10.2 Å². The number of nitrogens with one attached hydrogen (secondary N) is 1. The SMILES string of the molecule is Oc1cc2[nH]c(O)c(N=Nc3ccccc3)c2cc1O. The summed E-state index contributed by atoms with van der Waals surface area (Å²) in [5.74, 6) is -0.734. The molecule has 0 saturated carbocycles. The van der Waals surface area contributed by atoms with Crippen molar-refractivity contribution in [3.63, 3.8) is 0 Å². The number of H-pyrrole nitrogens is 1. The highest BCUT2D eigenvalue weighted by atomic mass is 16.3. The molecular formula is C14H11N3O3. The van der Waals surface area contributed by atoms with E-state index in [0.29, 0.717) is 16.6 Å². The lowest BCUT2D eigenvalue weighted by molar-refractivity contribution is 0.405. The predicted octanol–water partition coefficient (Wildman–Crippen LogP) is 3.70. The molecule has 0 spiro atoms. The Kier molecular flexibility index (Phi) is 2.76. The summed E-state index contributed by atoms with van der Waals surface area (Å²) in [5.41, 5.74) is 1.31. The molecule has 6 nitrogen and oxygen atoms in total. The fourth-order valence-electron chi connectivity index (χ4n) is 1.89. The van der Waals surface area contributed by atoms with E-state index >= 15 is 0 Å². The topological polar surface area (TPSA) is 101 Å². The van der Waals surface area contributed by atoms with E-state index in [1.165, 1.54) is 12.1 Å². The van der Waals surface area contributed by atoms with Crippen LogP contribution >= 0.6 is 0 Å². The smallest absolute Gasteiger partial charge is 0.218 e. The minimum Gasteiger partial charge on any atom is -0.504 e. The Labute approximate surface area is 113 Å². The number of phenols is 2. The van der Waals surface area contributed by atoms with Crippen molar-refractivity contribution in [2.75, 3.05) is 0 Å². The molecule has 3 rings (SSSR count). The largest absolute Gasteiger partial charge is 0.504 e. The van der Waals surface area contributed by atoms with Gasteiger partial charge in [-0.05, 0) is 18.2 Å². The first-order chi connectivity index (χ1) is 9.65. The number of azo groups is 1. The maximum Gasteiger partial charge on any atom is 0.218 e. The lowest BCUT2D eigenvalue weighted by Gasteiger charge is -1.97. The van der Waals surface area contributed by atoms with E-state index in [1.807, 2.05) is 18.2 Å². The molecule has 0 fully saturated rings. The lowest BCUT2D eigenvalue weighted by Crippen LogP contribution is -1.70. The predicted molar refractivity (Wildman–Crippen MR) is 73.9 cm³/mol. The molecule has 20 heavy (non-hydrogen) atoms. The van der Waals surface area contributed by atoms with Crippen LogP contribution in [0.25, 0.3) is 10.9 Å². The number of hydrogen-bond acceptors (Lipinski definition) is 5. The minimum atomic E-state index is -0.285. The summed E-state index contributed by atoms with van der Waals surface area (Å²) in [6.45, 7) is 0. The maximum atomic E-state index is 9.82. The van der Waals surface area contributed by atoms with Gasteiger partial charge in [0.25, 0.3) is 0 Å². The second-order valence-electron chi connectivity index (χ2n) is 4.24. The third kappa shape index (κ3) is 2.03. The highest BCUT2D eigenvalue weighted by Crippen LogP contribution is 2.40. The van der Waals surface area contributed by atoms with Gasteiger partial charge >= 0.3 is 0 Å². The van der Waals surface area contributed by atoms with E-state index in [2.05, 4.69) is 15.2 Å². The molecule has 0 amide bonds. The van der Waals surface area contributed by atoms with E-state index in [9.17, 15) is 15.3 Å². The van der Waals surface area contributed by atoms with Crippen molar-refractivity contribution in [2.45, 2.75) is 0 Å². The van der Waals surface area contributed by atoms with Crippen molar-refractivity contribution >= 4 is 22.3 Å². The Morgan fingerprint density at radius 1 is 0.850 bits per heavy atom. The van der Waals surface area contributed by atoms with Crippen LogP contribution < -0.4 is 0 Å². The zero-order valence-electron chi connectivity index (χ0n) is 10.3. The van der Waals surface area contributed by atoms with Crippen molar-refractivity contribution in [1.29, 1.82) is 0 Å². The van der Waals surface area contributed by atoms with Crippen LogP contribution in [0.1, 0.15) is 0 Å². The summed E-state index contributed by atoms with van der Waals surface area (Å²) < 4.78 is 0. The first kappa shape index (κ1) is 12.0.